The van der Waals surface area contributed by atoms with Crippen LogP contribution in [0, 0.1) is 0 Å². The maximum absolute atomic E-state index is 5.35. The number of hydrogen-bond acceptors (Lipinski definition) is 5. The van der Waals surface area contributed by atoms with Gasteiger partial charge in [0.05, 0.1) is 18.8 Å². The Kier molecular flexibility index (Phi) is 11.7. The summed E-state index contributed by atoms with van der Waals surface area (Å²) < 4.78 is 5.35. The average Bonchev–Trinajstić information content (AvgIpc) is 3.10. The van der Waals surface area contributed by atoms with E-state index in [2.05, 4.69) is 46.4 Å². The molecular formula is C19H36IN5OS. The highest BCUT2D eigenvalue weighted by molar-refractivity contribution is 14.0. The molecule has 0 aliphatic carbocycles. The monoisotopic (exact) mass is 509 g/mol. The second-order valence-electron chi connectivity index (χ2n) is 7.03. The molecule has 2 unspecified atom stereocenters. The predicted octanol–water partition coefficient (Wildman–Crippen LogP) is 3.74. The molecule has 0 spiro atoms. The minimum Gasteiger partial charge on any atom is -0.375 e. The fraction of sp³-hybridized carbons (Fsp3) is 0.789. The molecule has 2 rings (SSSR count). The van der Waals surface area contributed by atoms with Crippen molar-refractivity contribution in [3.05, 3.63) is 16.1 Å². The van der Waals surface area contributed by atoms with Crippen LogP contribution >= 0.6 is 35.3 Å². The lowest BCUT2D eigenvalue weighted by molar-refractivity contribution is 0.119. The van der Waals surface area contributed by atoms with Gasteiger partial charge >= 0.3 is 0 Å². The zero-order valence-electron chi connectivity index (χ0n) is 17.4. The van der Waals surface area contributed by atoms with Crippen LogP contribution in [0.4, 0.5) is 0 Å². The molecule has 6 nitrogen and oxygen atoms in total. The van der Waals surface area contributed by atoms with Crippen molar-refractivity contribution in [2.24, 2.45) is 4.99 Å². The largest absolute Gasteiger partial charge is 0.375 e. The van der Waals surface area contributed by atoms with Gasteiger partial charge in [0.25, 0.3) is 0 Å². The predicted molar refractivity (Wildman–Crippen MR) is 125 cm³/mol. The van der Waals surface area contributed by atoms with Crippen molar-refractivity contribution in [3.8, 4) is 0 Å². The summed E-state index contributed by atoms with van der Waals surface area (Å²) in [5.74, 6) is 0.950. The molecule has 1 aliphatic heterocycles. The lowest BCUT2D eigenvalue weighted by Crippen LogP contribution is -2.41. The molecule has 2 atom stereocenters. The number of halogens is 1. The molecule has 0 saturated carbocycles. The third-order valence-corrected chi connectivity index (χ3v) is 6.01. The minimum atomic E-state index is 0. The van der Waals surface area contributed by atoms with E-state index in [1.165, 1.54) is 25.8 Å². The Hall–Kier alpha value is -0.450. The van der Waals surface area contributed by atoms with Crippen LogP contribution in [0.25, 0.3) is 0 Å². The Morgan fingerprint density at radius 2 is 2.30 bits per heavy atom. The fourth-order valence-electron chi connectivity index (χ4n) is 3.24. The van der Waals surface area contributed by atoms with Gasteiger partial charge in [0, 0.05) is 38.7 Å². The summed E-state index contributed by atoms with van der Waals surface area (Å²) >= 11 is 1.66. The normalized spacial score (nSPS) is 19.4. The van der Waals surface area contributed by atoms with Gasteiger partial charge in [-0.2, -0.15) is 0 Å². The number of aromatic nitrogens is 1. The minimum absolute atomic E-state index is 0. The third kappa shape index (κ3) is 7.83. The quantitative estimate of drug-likeness (QED) is 0.329. The van der Waals surface area contributed by atoms with Crippen LogP contribution in [-0.2, 0) is 11.3 Å². The summed E-state index contributed by atoms with van der Waals surface area (Å²) in [4.78, 5) is 14.2. The second kappa shape index (κ2) is 12.9. The first-order valence-corrected chi connectivity index (χ1v) is 10.6. The zero-order valence-corrected chi connectivity index (χ0v) is 20.5. The van der Waals surface area contributed by atoms with Gasteiger partial charge in [0.2, 0.25) is 0 Å². The number of hydrogen-bond donors (Lipinski definition) is 1. The van der Waals surface area contributed by atoms with E-state index in [1.54, 1.807) is 18.4 Å². The Bertz CT molecular complexity index is 568. The second-order valence-corrected chi connectivity index (χ2v) is 7.92. The number of methoxy groups -OCH3 is 1. The van der Waals surface area contributed by atoms with Crippen molar-refractivity contribution in [2.75, 3.05) is 40.3 Å². The molecule has 2 heterocycles. The molecule has 27 heavy (non-hydrogen) atoms. The lowest BCUT2D eigenvalue weighted by Gasteiger charge is -2.32. The zero-order chi connectivity index (χ0) is 18.9. The molecule has 0 bridgehead atoms. The van der Waals surface area contributed by atoms with Crippen molar-refractivity contribution in [1.82, 2.24) is 20.1 Å². The van der Waals surface area contributed by atoms with Crippen LogP contribution < -0.4 is 5.32 Å². The molecule has 1 aromatic rings. The summed E-state index contributed by atoms with van der Waals surface area (Å²) in [5, 5.41) is 6.54. The molecule has 1 aliphatic rings. The number of thiazole rings is 1. The van der Waals surface area contributed by atoms with Crippen molar-refractivity contribution < 1.29 is 4.74 Å². The standard InChI is InChI=1S/C19H35N5OS.HI/c1-6-20-19(21-10-12-24-11-8-7-9-15(24)2)23(4)13-17-14-26-18(22-17)16(3)25-5;/h14-16H,6-13H2,1-5H3,(H,20,21);1H. The summed E-state index contributed by atoms with van der Waals surface area (Å²) in [6.07, 6.45) is 4.05. The SMILES string of the molecule is CCNC(=NCCN1CCCCC1C)N(C)Cc1csc(C(C)OC)n1.I. The van der Waals surface area contributed by atoms with Gasteiger partial charge in [-0.1, -0.05) is 6.42 Å². The smallest absolute Gasteiger partial charge is 0.194 e. The molecule has 0 amide bonds. The van der Waals surface area contributed by atoms with Gasteiger partial charge in [-0.25, -0.2) is 4.98 Å². The fourth-order valence-corrected chi connectivity index (χ4v) is 4.09. The van der Waals surface area contributed by atoms with Crippen molar-refractivity contribution >= 4 is 41.3 Å². The number of nitrogens with zero attached hydrogens (tertiary/aromatic N) is 4. The van der Waals surface area contributed by atoms with E-state index in [9.17, 15) is 0 Å². The Morgan fingerprint density at radius 3 is 2.96 bits per heavy atom. The number of piperidine rings is 1. The van der Waals surface area contributed by atoms with Crippen LogP contribution in [-0.4, -0.2) is 67.1 Å². The van der Waals surface area contributed by atoms with Crippen LogP contribution in [0.2, 0.25) is 0 Å². The highest BCUT2D eigenvalue weighted by Gasteiger charge is 2.17. The summed E-state index contributed by atoms with van der Waals surface area (Å²) in [5.41, 5.74) is 1.06. The maximum atomic E-state index is 5.35. The highest BCUT2D eigenvalue weighted by atomic mass is 127. The van der Waals surface area contributed by atoms with Gasteiger partial charge in [0.15, 0.2) is 5.96 Å². The molecule has 1 N–H and O–H groups in total. The van der Waals surface area contributed by atoms with E-state index in [1.807, 2.05) is 6.92 Å². The summed E-state index contributed by atoms with van der Waals surface area (Å²) in [6.45, 7) is 11.2. The van der Waals surface area contributed by atoms with E-state index in [4.69, 9.17) is 9.73 Å². The number of likely N-dealkylation sites (tertiary alicyclic amines) is 1. The molecular weight excluding hydrogens is 473 g/mol. The van der Waals surface area contributed by atoms with Gasteiger partial charge in [-0.05, 0) is 40.2 Å². The number of ether oxygens (including phenoxy) is 1. The summed E-state index contributed by atoms with van der Waals surface area (Å²) in [6, 6.07) is 0.690. The molecule has 1 saturated heterocycles. The van der Waals surface area contributed by atoms with Gasteiger partial charge in [-0.15, -0.1) is 35.3 Å². The van der Waals surface area contributed by atoms with E-state index in [-0.39, 0.29) is 30.1 Å². The topological polar surface area (TPSA) is 53.0 Å². The first kappa shape index (κ1) is 24.6. The third-order valence-electron chi connectivity index (χ3n) is 4.96. The number of rotatable bonds is 8. The van der Waals surface area contributed by atoms with E-state index < -0.39 is 0 Å². The Morgan fingerprint density at radius 1 is 1.52 bits per heavy atom. The van der Waals surface area contributed by atoms with Crippen LogP contribution in [0.3, 0.4) is 0 Å². The Balaban J connectivity index is 0.00000364. The first-order chi connectivity index (χ1) is 12.5. The van der Waals surface area contributed by atoms with Crippen molar-refractivity contribution in [2.45, 2.75) is 58.7 Å². The number of aliphatic imine (C=N–C) groups is 1. The average molecular weight is 510 g/mol. The maximum Gasteiger partial charge on any atom is 0.194 e. The molecule has 8 heteroatoms. The number of nitrogens with one attached hydrogen (secondary N) is 1. The number of guanidine groups is 1. The lowest BCUT2D eigenvalue weighted by atomic mass is 10.0. The molecule has 1 fully saturated rings. The first-order valence-electron chi connectivity index (χ1n) is 9.75. The van der Waals surface area contributed by atoms with Gasteiger partial charge < -0.3 is 15.0 Å². The van der Waals surface area contributed by atoms with E-state index in [0.717, 1.165) is 42.8 Å². The Labute approximate surface area is 185 Å². The van der Waals surface area contributed by atoms with Crippen molar-refractivity contribution in [3.63, 3.8) is 0 Å². The van der Waals surface area contributed by atoms with Gasteiger partial charge in [0.1, 0.15) is 11.1 Å². The van der Waals surface area contributed by atoms with Crippen LogP contribution in [0.15, 0.2) is 10.4 Å². The van der Waals surface area contributed by atoms with Crippen molar-refractivity contribution in [1.29, 1.82) is 0 Å². The summed E-state index contributed by atoms with van der Waals surface area (Å²) in [7, 11) is 3.79. The molecule has 0 radical (unpaired) electrons. The molecule has 0 aromatic carbocycles. The van der Waals surface area contributed by atoms with Crippen LogP contribution in [0.5, 0.6) is 0 Å². The van der Waals surface area contributed by atoms with E-state index in [0.29, 0.717) is 6.04 Å². The highest BCUT2D eigenvalue weighted by Crippen LogP contribution is 2.21. The molecule has 1 aromatic heterocycles. The van der Waals surface area contributed by atoms with Crippen LogP contribution in [0.1, 0.15) is 56.8 Å². The van der Waals surface area contributed by atoms with Gasteiger partial charge in [-0.3, -0.25) is 9.89 Å². The van der Waals surface area contributed by atoms with E-state index >= 15 is 0 Å². The molecule has 156 valence electrons.